The van der Waals surface area contributed by atoms with Crippen molar-refractivity contribution >= 4 is 27.5 Å². The number of alkyl halides is 3. The fourth-order valence-electron chi connectivity index (χ4n) is 2.00. The molecule has 0 spiro atoms. The lowest BCUT2D eigenvalue weighted by molar-refractivity contribution is -0.159. The van der Waals surface area contributed by atoms with Crippen molar-refractivity contribution < 1.29 is 30.9 Å². The minimum Gasteiger partial charge on any atom is -0.329 e. The second kappa shape index (κ2) is 6.57. The van der Waals surface area contributed by atoms with Crippen LogP contribution in [0.5, 0.6) is 0 Å². The molecule has 136 valence electrons. The molecule has 0 aliphatic carbocycles. The van der Waals surface area contributed by atoms with E-state index in [4.69, 9.17) is 0 Å². The van der Waals surface area contributed by atoms with Gasteiger partial charge in [0.25, 0.3) is 0 Å². The minimum absolute atomic E-state index is 0.110. The second-order valence-electron chi connectivity index (χ2n) is 4.85. The van der Waals surface area contributed by atoms with Crippen LogP contribution < -0.4 is 0 Å². The van der Waals surface area contributed by atoms with E-state index in [0.717, 1.165) is 11.3 Å². The fourth-order valence-corrected chi connectivity index (χ4v) is 4.30. The summed E-state index contributed by atoms with van der Waals surface area (Å²) in [6, 6.07) is 5.12. The van der Waals surface area contributed by atoms with Crippen molar-refractivity contribution in [3.05, 3.63) is 41.2 Å². The van der Waals surface area contributed by atoms with E-state index in [1.165, 1.54) is 29.8 Å². The number of rotatable bonds is 5. The van der Waals surface area contributed by atoms with Crippen LogP contribution >= 0.6 is 11.3 Å². The highest BCUT2D eigenvalue weighted by atomic mass is 32.2. The Bertz CT molecular complexity index is 1010. The van der Waals surface area contributed by atoms with Crippen LogP contribution in [0.15, 0.2) is 38.6 Å². The van der Waals surface area contributed by atoms with Gasteiger partial charge in [-0.2, -0.15) is 18.2 Å². The molecule has 0 radical (unpaired) electrons. The number of benzene rings is 1. The first-order chi connectivity index (χ1) is 12.2. The highest BCUT2D eigenvalue weighted by molar-refractivity contribution is 7.94. The van der Waals surface area contributed by atoms with Gasteiger partial charge in [0.05, 0.1) is 0 Å². The summed E-state index contributed by atoms with van der Waals surface area (Å²) in [4.78, 5) is 14.6. The third-order valence-corrected chi connectivity index (χ3v) is 6.30. The van der Waals surface area contributed by atoms with Crippen LogP contribution in [0, 0.1) is 0 Å². The van der Waals surface area contributed by atoms with E-state index in [2.05, 4.69) is 24.9 Å². The average Bonchev–Trinajstić information content (AvgIpc) is 3.28. The van der Waals surface area contributed by atoms with Gasteiger partial charge in [0, 0.05) is 5.56 Å². The summed E-state index contributed by atoms with van der Waals surface area (Å²) in [6.45, 7) is 0. The maximum Gasteiger partial charge on any atom is 0.471 e. The Labute approximate surface area is 147 Å². The number of aldehydes is 1. The first-order valence-corrected chi connectivity index (χ1v) is 9.12. The molecule has 1 atom stereocenters. The third kappa shape index (κ3) is 3.35. The largest absolute Gasteiger partial charge is 0.471 e. The van der Waals surface area contributed by atoms with Gasteiger partial charge >= 0.3 is 12.1 Å². The van der Waals surface area contributed by atoms with Crippen molar-refractivity contribution in [3.8, 4) is 11.4 Å². The Hall–Kier alpha value is -2.67. The van der Waals surface area contributed by atoms with Crippen molar-refractivity contribution in [2.24, 2.45) is 0 Å². The average molecular weight is 404 g/mol. The quantitative estimate of drug-likeness (QED) is 0.595. The Kier molecular flexibility index (Phi) is 4.58. The zero-order valence-corrected chi connectivity index (χ0v) is 14.0. The van der Waals surface area contributed by atoms with Crippen LogP contribution in [0.4, 0.5) is 13.2 Å². The van der Waals surface area contributed by atoms with E-state index >= 15 is 0 Å². The van der Waals surface area contributed by atoms with Gasteiger partial charge in [-0.25, -0.2) is 8.42 Å². The van der Waals surface area contributed by atoms with Gasteiger partial charge < -0.3 is 9.32 Å². The van der Waals surface area contributed by atoms with Crippen LogP contribution in [-0.2, 0) is 20.8 Å². The highest BCUT2D eigenvalue weighted by Crippen LogP contribution is 2.31. The van der Waals surface area contributed by atoms with E-state index in [1.807, 2.05) is 0 Å². The zero-order chi connectivity index (χ0) is 18.9. The zero-order valence-electron chi connectivity index (χ0n) is 12.4. The molecule has 8 nitrogen and oxygen atoms in total. The topological polar surface area (TPSA) is 116 Å². The molecule has 26 heavy (non-hydrogen) atoms. The van der Waals surface area contributed by atoms with Gasteiger partial charge in [0.1, 0.15) is 17.0 Å². The molecule has 2 heterocycles. The molecule has 0 bridgehead atoms. The molecule has 0 fully saturated rings. The minimum atomic E-state index is -4.77. The van der Waals surface area contributed by atoms with Crippen LogP contribution in [0.1, 0.15) is 16.7 Å². The van der Waals surface area contributed by atoms with E-state index in [1.54, 1.807) is 0 Å². The summed E-state index contributed by atoms with van der Waals surface area (Å²) in [7, 11) is -4.08. The van der Waals surface area contributed by atoms with Gasteiger partial charge in [0.15, 0.2) is 0 Å². The Morgan fingerprint density at radius 1 is 1.19 bits per heavy atom. The van der Waals surface area contributed by atoms with Gasteiger partial charge in [-0.15, -0.1) is 10.2 Å². The normalized spacial score (nSPS) is 13.5. The van der Waals surface area contributed by atoms with E-state index in [9.17, 15) is 26.4 Å². The lowest BCUT2D eigenvalue weighted by Gasteiger charge is -2.10. The van der Waals surface area contributed by atoms with Crippen molar-refractivity contribution in [1.29, 1.82) is 0 Å². The van der Waals surface area contributed by atoms with Crippen molar-refractivity contribution in [1.82, 2.24) is 20.3 Å². The number of carbonyl (C=O) groups excluding carboxylic acids is 1. The molecule has 0 saturated heterocycles. The number of hydrogen-bond acceptors (Lipinski definition) is 9. The molecule has 0 N–H and O–H groups in total. The fraction of sp³-hybridized carbons (Fsp3) is 0.154. The van der Waals surface area contributed by atoms with Crippen LogP contribution in [0.25, 0.3) is 11.4 Å². The molecule has 0 aliphatic rings. The summed E-state index contributed by atoms with van der Waals surface area (Å²) >= 11 is 0.765. The summed E-state index contributed by atoms with van der Waals surface area (Å²) in [5.74, 6) is -1.82. The van der Waals surface area contributed by atoms with Gasteiger partial charge in [-0.3, -0.25) is 0 Å². The summed E-state index contributed by atoms with van der Waals surface area (Å²) in [5, 5.41) is 8.58. The van der Waals surface area contributed by atoms with Crippen LogP contribution in [0.2, 0.25) is 0 Å². The van der Waals surface area contributed by atoms with Crippen molar-refractivity contribution in [2.75, 3.05) is 0 Å². The molecule has 1 aromatic carbocycles. The molecule has 0 aliphatic heterocycles. The van der Waals surface area contributed by atoms with Gasteiger partial charge in [-0.05, 0) is 5.56 Å². The van der Waals surface area contributed by atoms with Crippen molar-refractivity contribution in [2.45, 2.75) is 15.8 Å². The number of nitrogens with zero attached hydrogens (tertiary/aromatic N) is 4. The molecule has 1 unspecified atom stereocenters. The third-order valence-electron chi connectivity index (χ3n) is 3.21. The van der Waals surface area contributed by atoms with Gasteiger partial charge in [0.2, 0.25) is 20.0 Å². The molecule has 13 heteroatoms. The molecule has 0 amide bonds. The van der Waals surface area contributed by atoms with Crippen molar-refractivity contribution in [3.63, 3.8) is 0 Å². The lowest BCUT2D eigenvalue weighted by atomic mass is 10.1. The van der Waals surface area contributed by atoms with E-state index < -0.39 is 27.2 Å². The first kappa shape index (κ1) is 18.1. The Morgan fingerprint density at radius 3 is 2.38 bits per heavy atom. The predicted molar refractivity (Wildman–Crippen MR) is 80.6 cm³/mol. The standard InChI is InChI=1S/C13H7F3N4O4S2/c14-13(15,16)11-18-10(20-24-11)8-3-1-7(2-4-8)9(5-21)26(22,23)12-19-17-6-25-12/h1-6,9H. The summed E-state index contributed by atoms with van der Waals surface area (Å²) in [6.07, 6.45) is -4.54. The molecule has 3 rings (SSSR count). The SMILES string of the molecule is O=CC(c1ccc(-c2noc(C(F)(F)F)n2)cc1)S(=O)(=O)c1nncs1. The van der Waals surface area contributed by atoms with Crippen LogP contribution in [0.3, 0.4) is 0 Å². The van der Waals surface area contributed by atoms with E-state index in [-0.39, 0.29) is 27.6 Å². The first-order valence-electron chi connectivity index (χ1n) is 6.70. The number of aromatic nitrogens is 4. The smallest absolute Gasteiger partial charge is 0.329 e. The molecule has 0 saturated carbocycles. The number of hydrogen-bond donors (Lipinski definition) is 0. The monoisotopic (exact) mass is 404 g/mol. The molecular weight excluding hydrogens is 397 g/mol. The molecule has 2 aromatic heterocycles. The van der Waals surface area contributed by atoms with Gasteiger partial charge in [-0.1, -0.05) is 40.8 Å². The Balaban J connectivity index is 1.91. The highest BCUT2D eigenvalue weighted by Gasteiger charge is 2.38. The summed E-state index contributed by atoms with van der Waals surface area (Å²) in [5.41, 5.74) is 1.48. The Morgan fingerprint density at radius 2 is 1.88 bits per heavy atom. The van der Waals surface area contributed by atoms with Crippen LogP contribution in [-0.4, -0.2) is 35.0 Å². The number of sulfone groups is 1. The summed E-state index contributed by atoms with van der Waals surface area (Å²) < 4.78 is 66.1. The number of carbonyl (C=O) groups is 1. The second-order valence-corrected chi connectivity index (χ2v) is 7.93. The lowest BCUT2D eigenvalue weighted by Crippen LogP contribution is -2.15. The number of halogens is 3. The maximum absolute atomic E-state index is 12.5. The van der Waals surface area contributed by atoms with E-state index in [0.29, 0.717) is 0 Å². The predicted octanol–water partition coefficient (Wildman–Crippen LogP) is 2.32. The molecular formula is C13H7F3N4O4S2. The maximum atomic E-state index is 12.5. The molecule has 3 aromatic rings.